The Morgan fingerprint density at radius 3 is 2.88 bits per heavy atom. The van der Waals surface area contributed by atoms with Gasteiger partial charge in [0.2, 0.25) is 5.91 Å². The number of ether oxygens (including phenoxy) is 1. The van der Waals surface area contributed by atoms with Crippen molar-refractivity contribution in [1.82, 2.24) is 15.6 Å². The zero-order chi connectivity index (χ0) is 16.9. The van der Waals surface area contributed by atoms with Crippen LogP contribution in [0.5, 0.6) is 5.75 Å². The van der Waals surface area contributed by atoms with Crippen LogP contribution in [-0.2, 0) is 4.79 Å². The second-order valence-corrected chi connectivity index (χ2v) is 6.44. The van der Waals surface area contributed by atoms with E-state index < -0.39 is 6.04 Å². The van der Waals surface area contributed by atoms with Gasteiger partial charge in [0.1, 0.15) is 22.5 Å². The molecule has 3 rings (SSSR count). The fourth-order valence-electron chi connectivity index (χ4n) is 2.55. The quantitative estimate of drug-likeness (QED) is 0.890. The predicted molar refractivity (Wildman–Crippen MR) is 92.2 cm³/mol. The number of thiazole rings is 1. The Hall–Kier alpha value is -2.41. The molecule has 1 aliphatic heterocycles. The lowest BCUT2D eigenvalue weighted by Crippen LogP contribution is -2.45. The number of aromatic nitrogens is 1. The monoisotopic (exact) mass is 345 g/mol. The molecule has 2 aromatic rings. The van der Waals surface area contributed by atoms with E-state index >= 15 is 0 Å². The molecule has 2 amide bonds. The van der Waals surface area contributed by atoms with E-state index in [0.717, 1.165) is 29.2 Å². The zero-order valence-electron chi connectivity index (χ0n) is 13.4. The molecule has 0 saturated carbocycles. The highest BCUT2D eigenvalue weighted by molar-refractivity contribution is 7.13. The van der Waals surface area contributed by atoms with Gasteiger partial charge in [-0.25, -0.2) is 4.98 Å². The van der Waals surface area contributed by atoms with E-state index in [-0.39, 0.29) is 11.8 Å². The number of carbonyl (C=O) groups excluding carboxylic acids is 2. The van der Waals surface area contributed by atoms with Crippen LogP contribution >= 0.6 is 11.3 Å². The molecular formula is C17H19N3O3S. The standard InChI is InChI=1S/C17H19N3O3S/c1-23-12-7-5-11(6-8-12)17-20-14(10-24-17)16(22)19-13-4-2-3-9-18-15(13)21/h5-8,10,13H,2-4,9H2,1H3,(H,18,21)(H,19,22)/t13-/m0/s1. The van der Waals surface area contributed by atoms with Crippen LogP contribution < -0.4 is 15.4 Å². The van der Waals surface area contributed by atoms with Crippen LogP contribution in [0.3, 0.4) is 0 Å². The third-order valence-corrected chi connectivity index (χ3v) is 4.81. The van der Waals surface area contributed by atoms with E-state index in [1.807, 2.05) is 24.3 Å². The highest BCUT2D eigenvalue weighted by atomic mass is 32.1. The molecule has 126 valence electrons. The topological polar surface area (TPSA) is 80.3 Å². The summed E-state index contributed by atoms with van der Waals surface area (Å²) in [5, 5.41) is 8.06. The lowest BCUT2D eigenvalue weighted by atomic mass is 10.1. The van der Waals surface area contributed by atoms with Crippen molar-refractivity contribution in [1.29, 1.82) is 0 Å². The zero-order valence-corrected chi connectivity index (χ0v) is 14.2. The van der Waals surface area contributed by atoms with E-state index in [1.165, 1.54) is 11.3 Å². The van der Waals surface area contributed by atoms with Crippen molar-refractivity contribution in [3.63, 3.8) is 0 Å². The lowest BCUT2D eigenvalue weighted by molar-refractivity contribution is -0.122. The summed E-state index contributed by atoms with van der Waals surface area (Å²) in [5.41, 5.74) is 1.26. The molecule has 1 aromatic heterocycles. The van der Waals surface area contributed by atoms with Crippen molar-refractivity contribution in [2.45, 2.75) is 25.3 Å². The second kappa shape index (κ2) is 7.44. The Bertz CT molecular complexity index is 727. The van der Waals surface area contributed by atoms with Gasteiger partial charge in [0.25, 0.3) is 5.91 Å². The fraction of sp³-hybridized carbons (Fsp3) is 0.353. The molecule has 1 saturated heterocycles. The van der Waals surface area contributed by atoms with Gasteiger partial charge >= 0.3 is 0 Å². The van der Waals surface area contributed by atoms with Crippen molar-refractivity contribution in [2.75, 3.05) is 13.7 Å². The van der Waals surface area contributed by atoms with Gasteiger partial charge < -0.3 is 15.4 Å². The molecule has 0 unspecified atom stereocenters. The minimum absolute atomic E-state index is 0.119. The SMILES string of the molecule is COc1ccc(-c2nc(C(=O)N[C@H]3CCCCNC3=O)cs2)cc1. The first-order valence-corrected chi connectivity index (χ1v) is 8.74. The van der Waals surface area contributed by atoms with Gasteiger partial charge in [0, 0.05) is 17.5 Å². The number of hydrogen-bond acceptors (Lipinski definition) is 5. The van der Waals surface area contributed by atoms with Crippen molar-refractivity contribution in [3.8, 4) is 16.3 Å². The summed E-state index contributed by atoms with van der Waals surface area (Å²) < 4.78 is 5.13. The molecule has 2 N–H and O–H groups in total. The molecule has 24 heavy (non-hydrogen) atoms. The third kappa shape index (κ3) is 3.73. The number of nitrogens with one attached hydrogen (secondary N) is 2. The number of methoxy groups -OCH3 is 1. The molecule has 1 aromatic carbocycles. The summed E-state index contributed by atoms with van der Waals surface area (Å²) >= 11 is 1.40. The van der Waals surface area contributed by atoms with Gasteiger partial charge in [0.05, 0.1) is 7.11 Å². The Balaban J connectivity index is 1.69. The first-order valence-electron chi connectivity index (χ1n) is 7.86. The van der Waals surface area contributed by atoms with Crippen LogP contribution in [0.1, 0.15) is 29.8 Å². The minimum Gasteiger partial charge on any atom is -0.497 e. The molecule has 1 aliphatic rings. The summed E-state index contributed by atoms with van der Waals surface area (Å²) in [6.45, 7) is 0.670. The van der Waals surface area contributed by atoms with E-state index in [1.54, 1.807) is 12.5 Å². The average Bonchev–Trinajstić information content (AvgIpc) is 3.02. The maximum absolute atomic E-state index is 12.3. The Morgan fingerprint density at radius 2 is 2.12 bits per heavy atom. The Labute approximate surface area is 144 Å². The third-order valence-electron chi connectivity index (χ3n) is 3.91. The molecule has 7 heteroatoms. The summed E-state index contributed by atoms with van der Waals surface area (Å²) in [6.07, 6.45) is 2.52. The van der Waals surface area contributed by atoms with Crippen molar-refractivity contribution >= 4 is 23.2 Å². The van der Waals surface area contributed by atoms with Crippen molar-refractivity contribution in [2.24, 2.45) is 0 Å². The van der Waals surface area contributed by atoms with E-state index in [4.69, 9.17) is 4.74 Å². The van der Waals surface area contributed by atoms with Crippen LogP contribution in [0.4, 0.5) is 0 Å². The number of amides is 2. The molecule has 2 heterocycles. The van der Waals surface area contributed by atoms with Crippen LogP contribution in [0.2, 0.25) is 0 Å². The van der Waals surface area contributed by atoms with Gasteiger partial charge in [-0.15, -0.1) is 11.3 Å². The van der Waals surface area contributed by atoms with Crippen LogP contribution in [0, 0.1) is 0 Å². The van der Waals surface area contributed by atoms with Gasteiger partial charge in [-0.3, -0.25) is 9.59 Å². The summed E-state index contributed by atoms with van der Waals surface area (Å²) in [5.74, 6) is 0.340. The van der Waals surface area contributed by atoms with Gasteiger partial charge in [-0.2, -0.15) is 0 Å². The molecule has 0 spiro atoms. The van der Waals surface area contributed by atoms with Crippen LogP contribution in [0.25, 0.3) is 10.6 Å². The minimum atomic E-state index is -0.480. The first kappa shape index (κ1) is 16.4. The Kier molecular flexibility index (Phi) is 5.10. The fourth-order valence-corrected chi connectivity index (χ4v) is 3.36. The molecule has 6 nitrogen and oxygen atoms in total. The highest BCUT2D eigenvalue weighted by Gasteiger charge is 2.24. The number of benzene rings is 1. The Morgan fingerprint density at radius 1 is 1.33 bits per heavy atom. The van der Waals surface area contributed by atoms with Crippen LogP contribution in [0.15, 0.2) is 29.6 Å². The number of carbonyl (C=O) groups is 2. The van der Waals surface area contributed by atoms with E-state index in [2.05, 4.69) is 15.6 Å². The largest absolute Gasteiger partial charge is 0.497 e. The maximum Gasteiger partial charge on any atom is 0.271 e. The predicted octanol–water partition coefficient (Wildman–Crippen LogP) is 2.22. The summed E-state index contributed by atoms with van der Waals surface area (Å²) in [4.78, 5) is 28.6. The molecule has 0 aliphatic carbocycles. The normalized spacial score (nSPS) is 17.7. The van der Waals surface area contributed by atoms with E-state index in [0.29, 0.717) is 18.7 Å². The lowest BCUT2D eigenvalue weighted by Gasteiger charge is -2.14. The van der Waals surface area contributed by atoms with Gasteiger partial charge in [-0.05, 0) is 43.5 Å². The average molecular weight is 345 g/mol. The maximum atomic E-state index is 12.3. The molecule has 0 bridgehead atoms. The molecular weight excluding hydrogens is 326 g/mol. The van der Waals surface area contributed by atoms with E-state index in [9.17, 15) is 9.59 Å². The summed E-state index contributed by atoms with van der Waals surface area (Å²) in [6, 6.07) is 7.03. The van der Waals surface area contributed by atoms with Crippen molar-refractivity contribution in [3.05, 3.63) is 35.3 Å². The molecule has 1 atom stereocenters. The smallest absolute Gasteiger partial charge is 0.271 e. The number of rotatable bonds is 4. The molecule has 0 radical (unpaired) electrons. The first-order chi connectivity index (χ1) is 11.7. The van der Waals surface area contributed by atoms with Crippen molar-refractivity contribution < 1.29 is 14.3 Å². The molecule has 1 fully saturated rings. The summed E-state index contributed by atoms with van der Waals surface area (Å²) in [7, 11) is 1.62. The van der Waals surface area contributed by atoms with Gasteiger partial charge in [-0.1, -0.05) is 0 Å². The number of hydrogen-bond donors (Lipinski definition) is 2. The number of nitrogens with zero attached hydrogens (tertiary/aromatic N) is 1. The van der Waals surface area contributed by atoms with Gasteiger partial charge in [0.15, 0.2) is 0 Å². The van der Waals surface area contributed by atoms with Crippen LogP contribution in [-0.4, -0.2) is 36.5 Å². The highest BCUT2D eigenvalue weighted by Crippen LogP contribution is 2.25. The second-order valence-electron chi connectivity index (χ2n) is 5.58.